The van der Waals surface area contributed by atoms with Gasteiger partial charge in [0.2, 0.25) is 0 Å². The first-order valence-electron chi connectivity index (χ1n) is 5.25. The van der Waals surface area contributed by atoms with Crippen LogP contribution in [-0.2, 0) is 0 Å². The summed E-state index contributed by atoms with van der Waals surface area (Å²) in [6, 6.07) is 8.13. The van der Waals surface area contributed by atoms with Gasteiger partial charge in [0.05, 0.1) is 11.4 Å². The Hall–Kier alpha value is -1.90. The van der Waals surface area contributed by atoms with Crippen LogP contribution in [0, 0.1) is 20.8 Å². The number of nitrogens with zero attached hydrogens (tertiary/aromatic N) is 2. The van der Waals surface area contributed by atoms with Crippen LogP contribution in [0.1, 0.15) is 17.0 Å². The summed E-state index contributed by atoms with van der Waals surface area (Å²) >= 11 is 0. The molecule has 0 aliphatic heterocycles. The van der Waals surface area contributed by atoms with Crippen molar-refractivity contribution in [1.82, 2.24) is 9.97 Å². The molecule has 0 unspecified atom stereocenters. The van der Waals surface area contributed by atoms with Crippen molar-refractivity contribution in [2.45, 2.75) is 20.8 Å². The Kier molecular flexibility index (Phi) is 2.60. The third-order valence-corrected chi connectivity index (χ3v) is 2.66. The predicted molar refractivity (Wildman–Crippen MR) is 66.1 cm³/mol. The lowest BCUT2D eigenvalue weighted by Gasteiger charge is -2.07. The molecule has 2 N–H and O–H groups in total. The van der Waals surface area contributed by atoms with Gasteiger partial charge >= 0.3 is 0 Å². The molecule has 3 nitrogen and oxygen atoms in total. The number of hydrogen-bond donors (Lipinski definition) is 1. The van der Waals surface area contributed by atoms with E-state index in [0.29, 0.717) is 5.82 Å². The summed E-state index contributed by atoms with van der Waals surface area (Å²) in [5.74, 6) is 0.493. The molecule has 0 atom stereocenters. The molecule has 0 fully saturated rings. The first-order chi connectivity index (χ1) is 7.58. The Bertz CT molecular complexity index is 515. The van der Waals surface area contributed by atoms with Crippen molar-refractivity contribution in [3.05, 3.63) is 41.2 Å². The van der Waals surface area contributed by atoms with Gasteiger partial charge in [-0.15, -0.1) is 0 Å². The number of rotatable bonds is 1. The zero-order chi connectivity index (χ0) is 11.7. The average molecular weight is 213 g/mol. The van der Waals surface area contributed by atoms with Gasteiger partial charge in [0.25, 0.3) is 0 Å². The Labute approximate surface area is 95.4 Å². The van der Waals surface area contributed by atoms with Gasteiger partial charge in [0, 0.05) is 5.56 Å². The van der Waals surface area contributed by atoms with Gasteiger partial charge in [0.15, 0.2) is 0 Å². The maximum Gasteiger partial charge on any atom is 0.150 e. The van der Waals surface area contributed by atoms with Crippen LogP contribution in [-0.4, -0.2) is 9.97 Å². The van der Waals surface area contributed by atoms with Gasteiger partial charge in [-0.1, -0.05) is 29.8 Å². The number of aryl methyl sites for hydroxylation is 3. The van der Waals surface area contributed by atoms with E-state index in [2.05, 4.69) is 16.9 Å². The zero-order valence-corrected chi connectivity index (χ0v) is 9.78. The van der Waals surface area contributed by atoms with Crippen LogP contribution in [0.15, 0.2) is 24.3 Å². The van der Waals surface area contributed by atoms with Gasteiger partial charge < -0.3 is 5.73 Å². The lowest BCUT2D eigenvalue weighted by atomic mass is 10.1. The van der Waals surface area contributed by atoms with E-state index in [9.17, 15) is 0 Å². The fourth-order valence-electron chi connectivity index (χ4n) is 1.54. The van der Waals surface area contributed by atoms with Crippen molar-refractivity contribution in [3.8, 4) is 11.3 Å². The Morgan fingerprint density at radius 1 is 0.875 bits per heavy atom. The summed E-state index contributed by atoms with van der Waals surface area (Å²) in [7, 11) is 0. The number of aromatic nitrogens is 2. The number of nitrogen functional groups attached to an aromatic ring is 1. The minimum absolute atomic E-state index is 0.493. The molecule has 0 aliphatic rings. The number of benzene rings is 1. The maximum atomic E-state index is 5.89. The van der Waals surface area contributed by atoms with E-state index in [1.807, 2.05) is 38.1 Å². The molecule has 82 valence electrons. The third-order valence-electron chi connectivity index (χ3n) is 2.66. The standard InChI is InChI=1S/C13H15N3/c1-8-4-6-11(7-5-8)12-13(14)16-10(3)9(2)15-12/h4-7H,1-3H3,(H2,14,16). The highest BCUT2D eigenvalue weighted by atomic mass is 14.9. The summed E-state index contributed by atoms with van der Waals surface area (Å²) in [5, 5.41) is 0. The third kappa shape index (κ3) is 1.89. The predicted octanol–water partition coefficient (Wildman–Crippen LogP) is 2.65. The molecule has 2 aromatic rings. The van der Waals surface area contributed by atoms with Crippen LogP contribution in [0.3, 0.4) is 0 Å². The van der Waals surface area contributed by atoms with Gasteiger partial charge in [-0.05, 0) is 20.8 Å². The zero-order valence-electron chi connectivity index (χ0n) is 9.78. The molecule has 1 aromatic heterocycles. The smallest absolute Gasteiger partial charge is 0.150 e. The van der Waals surface area contributed by atoms with Crippen LogP contribution in [0.5, 0.6) is 0 Å². The van der Waals surface area contributed by atoms with Crippen molar-refractivity contribution < 1.29 is 0 Å². The Balaban J connectivity index is 2.56. The molecule has 0 saturated heterocycles. The normalized spacial score (nSPS) is 10.4. The van der Waals surface area contributed by atoms with Crippen molar-refractivity contribution in [2.24, 2.45) is 0 Å². The van der Waals surface area contributed by atoms with E-state index in [0.717, 1.165) is 22.6 Å². The van der Waals surface area contributed by atoms with Crippen molar-refractivity contribution in [2.75, 3.05) is 5.73 Å². The summed E-state index contributed by atoms with van der Waals surface area (Å²) in [6.45, 7) is 5.91. The number of anilines is 1. The summed E-state index contributed by atoms with van der Waals surface area (Å²) in [4.78, 5) is 8.77. The molecular weight excluding hydrogens is 198 g/mol. The van der Waals surface area contributed by atoms with Crippen LogP contribution in [0.25, 0.3) is 11.3 Å². The second kappa shape index (κ2) is 3.93. The first-order valence-corrected chi connectivity index (χ1v) is 5.25. The highest BCUT2D eigenvalue weighted by Crippen LogP contribution is 2.23. The van der Waals surface area contributed by atoms with Crippen LogP contribution < -0.4 is 5.73 Å². The van der Waals surface area contributed by atoms with Gasteiger partial charge in [-0.3, -0.25) is 0 Å². The summed E-state index contributed by atoms with van der Waals surface area (Å²) < 4.78 is 0. The highest BCUT2D eigenvalue weighted by Gasteiger charge is 2.07. The molecule has 1 heterocycles. The molecule has 0 amide bonds. The van der Waals surface area contributed by atoms with Crippen LogP contribution >= 0.6 is 0 Å². The van der Waals surface area contributed by atoms with Gasteiger partial charge in [-0.2, -0.15) is 0 Å². The molecule has 0 aliphatic carbocycles. The van der Waals surface area contributed by atoms with Crippen LogP contribution in [0.2, 0.25) is 0 Å². The van der Waals surface area contributed by atoms with Crippen molar-refractivity contribution in [3.63, 3.8) is 0 Å². The summed E-state index contributed by atoms with van der Waals surface area (Å²) in [5.41, 5.74) is 10.7. The molecule has 2 rings (SSSR count). The SMILES string of the molecule is Cc1ccc(-c2nc(C)c(C)nc2N)cc1. The second-order valence-corrected chi connectivity index (χ2v) is 3.99. The monoisotopic (exact) mass is 213 g/mol. The van der Waals surface area contributed by atoms with Gasteiger partial charge in [0.1, 0.15) is 11.5 Å². The molecule has 1 aromatic carbocycles. The minimum atomic E-state index is 0.493. The molecule has 16 heavy (non-hydrogen) atoms. The van der Waals surface area contributed by atoms with E-state index < -0.39 is 0 Å². The average Bonchev–Trinajstić information content (AvgIpc) is 2.25. The molecule has 0 spiro atoms. The summed E-state index contributed by atoms with van der Waals surface area (Å²) in [6.07, 6.45) is 0. The van der Waals surface area contributed by atoms with Crippen LogP contribution in [0.4, 0.5) is 5.82 Å². The lowest BCUT2D eigenvalue weighted by molar-refractivity contribution is 1.06. The van der Waals surface area contributed by atoms with E-state index >= 15 is 0 Å². The number of nitrogens with two attached hydrogens (primary N) is 1. The molecular formula is C13H15N3. The largest absolute Gasteiger partial charge is 0.382 e. The Morgan fingerprint density at radius 2 is 1.44 bits per heavy atom. The fraction of sp³-hybridized carbons (Fsp3) is 0.231. The second-order valence-electron chi connectivity index (χ2n) is 3.99. The van der Waals surface area contributed by atoms with E-state index in [1.54, 1.807) is 0 Å². The Morgan fingerprint density at radius 3 is 2.06 bits per heavy atom. The molecule has 0 saturated carbocycles. The topological polar surface area (TPSA) is 51.8 Å². The van der Waals surface area contributed by atoms with E-state index in [1.165, 1.54) is 5.56 Å². The van der Waals surface area contributed by atoms with E-state index in [-0.39, 0.29) is 0 Å². The molecule has 3 heteroatoms. The quantitative estimate of drug-likeness (QED) is 0.792. The first kappa shape index (κ1) is 10.6. The highest BCUT2D eigenvalue weighted by molar-refractivity contribution is 5.70. The fourth-order valence-corrected chi connectivity index (χ4v) is 1.54. The molecule has 0 radical (unpaired) electrons. The number of hydrogen-bond acceptors (Lipinski definition) is 3. The maximum absolute atomic E-state index is 5.89. The van der Waals surface area contributed by atoms with Crippen molar-refractivity contribution >= 4 is 5.82 Å². The van der Waals surface area contributed by atoms with Gasteiger partial charge in [-0.25, -0.2) is 9.97 Å². The van der Waals surface area contributed by atoms with E-state index in [4.69, 9.17) is 5.73 Å². The van der Waals surface area contributed by atoms with Crippen molar-refractivity contribution in [1.29, 1.82) is 0 Å². The lowest BCUT2D eigenvalue weighted by Crippen LogP contribution is -2.02. The minimum Gasteiger partial charge on any atom is -0.382 e. The molecule has 0 bridgehead atoms.